The summed E-state index contributed by atoms with van der Waals surface area (Å²) in [6.07, 6.45) is 3.65. The number of aromatic nitrogens is 1. The number of aromatic amines is 1. The van der Waals surface area contributed by atoms with E-state index < -0.39 is 5.41 Å². The van der Waals surface area contributed by atoms with Crippen molar-refractivity contribution in [2.24, 2.45) is 5.41 Å². The number of thiophene rings is 1. The largest absolute Gasteiger partial charge is 0.494 e. The van der Waals surface area contributed by atoms with E-state index in [-0.39, 0.29) is 11.5 Å². The van der Waals surface area contributed by atoms with Crippen LogP contribution in [0.1, 0.15) is 46.5 Å². The first-order valence-electron chi connectivity index (χ1n) is 14.8. The van der Waals surface area contributed by atoms with Crippen molar-refractivity contribution in [1.82, 2.24) is 4.98 Å². The number of nitrogens with zero attached hydrogens (tertiary/aromatic N) is 2. The van der Waals surface area contributed by atoms with E-state index in [2.05, 4.69) is 46.5 Å². The molecule has 0 radical (unpaired) electrons. The average Bonchev–Trinajstić information content (AvgIpc) is 3.45. The molecule has 2 aromatic carbocycles. The molecule has 218 valence electrons. The number of benzene rings is 2. The molecule has 0 saturated carbocycles. The fourth-order valence-corrected chi connectivity index (χ4v) is 6.68. The summed E-state index contributed by atoms with van der Waals surface area (Å²) < 4.78 is 14.2. The molecule has 0 atom stereocenters. The second-order valence-electron chi connectivity index (χ2n) is 11.9. The Labute approximate surface area is 246 Å². The van der Waals surface area contributed by atoms with Gasteiger partial charge in [0, 0.05) is 27.9 Å². The molecule has 1 fully saturated rings. The molecule has 1 saturated heterocycles. The van der Waals surface area contributed by atoms with Crippen LogP contribution in [0.25, 0.3) is 21.0 Å². The van der Waals surface area contributed by atoms with Crippen LogP contribution in [0.15, 0.2) is 64.8 Å². The van der Waals surface area contributed by atoms with Crippen LogP contribution < -0.4 is 15.2 Å². The lowest BCUT2D eigenvalue weighted by Crippen LogP contribution is -2.61. The number of unbranched alkanes of at least 4 members (excludes halogenated alkanes) is 1. The molecule has 7 nitrogen and oxygen atoms in total. The predicted molar refractivity (Wildman–Crippen MR) is 168 cm³/mol. The molecular formula is C33H42N3O4S+. The van der Waals surface area contributed by atoms with Gasteiger partial charge in [-0.2, -0.15) is 0 Å². The van der Waals surface area contributed by atoms with E-state index in [0.717, 1.165) is 79.5 Å². The Morgan fingerprint density at radius 1 is 1.07 bits per heavy atom. The highest BCUT2D eigenvalue weighted by Gasteiger charge is 2.36. The Kier molecular flexibility index (Phi) is 9.00. The number of quaternary nitrogens is 1. The van der Waals surface area contributed by atoms with Crippen molar-refractivity contribution in [2.75, 3.05) is 51.0 Å². The average molecular weight is 577 g/mol. The number of piperazine rings is 1. The number of fused-ring (bicyclic) bond motifs is 2. The molecule has 0 amide bonds. The zero-order chi connectivity index (χ0) is 28.9. The second-order valence-corrected chi connectivity index (χ2v) is 12.9. The number of hydrogen-bond donors (Lipinski definition) is 1. The third-order valence-corrected chi connectivity index (χ3v) is 9.27. The summed E-state index contributed by atoms with van der Waals surface area (Å²) in [5.74, 6) is 0.659. The first-order valence-corrected chi connectivity index (χ1v) is 15.7. The van der Waals surface area contributed by atoms with Gasteiger partial charge in [-0.05, 0) is 80.3 Å². The number of ether oxygens (including phenoxy) is 2. The first kappa shape index (κ1) is 29.1. The Morgan fingerprint density at radius 2 is 1.88 bits per heavy atom. The van der Waals surface area contributed by atoms with E-state index in [1.54, 1.807) is 11.3 Å². The van der Waals surface area contributed by atoms with Gasteiger partial charge in [-0.15, -0.1) is 11.3 Å². The van der Waals surface area contributed by atoms with Crippen molar-refractivity contribution < 1.29 is 18.8 Å². The van der Waals surface area contributed by atoms with Gasteiger partial charge in [0.15, 0.2) is 0 Å². The summed E-state index contributed by atoms with van der Waals surface area (Å²) in [7, 11) is 0. The van der Waals surface area contributed by atoms with Gasteiger partial charge in [0.2, 0.25) is 12.3 Å². The minimum absolute atomic E-state index is 0.0972. The van der Waals surface area contributed by atoms with Crippen molar-refractivity contribution in [1.29, 1.82) is 0 Å². The van der Waals surface area contributed by atoms with Gasteiger partial charge in [-0.3, -0.25) is 14.1 Å². The monoisotopic (exact) mass is 576 g/mol. The van der Waals surface area contributed by atoms with Crippen LogP contribution in [0.3, 0.4) is 0 Å². The van der Waals surface area contributed by atoms with Gasteiger partial charge in [0.1, 0.15) is 5.75 Å². The number of carbonyl (C=O) groups is 1. The molecular weight excluding hydrogens is 534 g/mol. The molecule has 2 aromatic heterocycles. The van der Waals surface area contributed by atoms with Gasteiger partial charge in [-0.25, -0.2) is 0 Å². The van der Waals surface area contributed by atoms with Gasteiger partial charge < -0.3 is 19.4 Å². The van der Waals surface area contributed by atoms with Crippen molar-refractivity contribution in [3.05, 3.63) is 70.3 Å². The van der Waals surface area contributed by atoms with Gasteiger partial charge >= 0.3 is 5.97 Å². The number of esters is 1. The highest BCUT2D eigenvalue weighted by Crippen LogP contribution is 2.32. The zero-order valence-corrected chi connectivity index (χ0v) is 25.3. The van der Waals surface area contributed by atoms with Gasteiger partial charge in [0.25, 0.3) is 0 Å². The molecule has 1 aliphatic heterocycles. The van der Waals surface area contributed by atoms with Crippen LogP contribution in [0.4, 0.5) is 5.69 Å². The van der Waals surface area contributed by atoms with Gasteiger partial charge in [0.05, 0.1) is 50.3 Å². The lowest BCUT2D eigenvalue weighted by molar-refractivity contribution is -0.944. The Bertz CT molecular complexity index is 1530. The molecule has 3 heterocycles. The lowest BCUT2D eigenvalue weighted by atomic mass is 9.88. The quantitative estimate of drug-likeness (QED) is 0.117. The van der Waals surface area contributed by atoms with E-state index in [4.69, 9.17) is 9.47 Å². The van der Waals surface area contributed by atoms with Crippen LogP contribution in [0.5, 0.6) is 5.75 Å². The molecule has 0 aliphatic carbocycles. The predicted octanol–water partition coefficient (Wildman–Crippen LogP) is 6.57. The maximum absolute atomic E-state index is 13.0. The highest BCUT2D eigenvalue weighted by atomic mass is 32.1. The molecule has 0 unspecified atom stereocenters. The number of hydrogen-bond acceptors (Lipinski definition) is 6. The topological polar surface area (TPSA) is 71.6 Å². The molecule has 1 aliphatic rings. The fourth-order valence-electron chi connectivity index (χ4n) is 5.88. The van der Waals surface area contributed by atoms with Crippen LogP contribution >= 0.6 is 11.3 Å². The Balaban J connectivity index is 1.20. The van der Waals surface area contributed by atoms with E-state index in [9.17, 15) is 9.59 Å². The molecule has 1 N–H and O–H groups in total. The number of carbonyl (C=O) groups excluding carboxylic acids is 1. The number of H-pyrrole nitrogens is 1. The van der Waals surface area contributed by atoms with E-state index in [1.165, 1.54) is 21.8 Å². The minimum atomic E-state index is -0.465. The molecule has 5 rings (SSSR count). The summed E-state index contributed by atoms with van der Waals surface area (Å²) >= 11 is 1.78. The third-order valence-electron chi connectivity index (χ3n) is 8.39. The minimum Gasteiger partial charge on any atom is -0.494 e. The van der Waals surface area contributed by atoms with E-state index in [0.29, 0.717) is 13.3 Å². The van der Waals surface area contributed by atoms with Crippen LogP contribution in [-0.2, 0) is 9.53 Å². The summed E-state index contributed by atoms with van der Waals surface area (Å²) in [4.78, 5) is 30.0. The molecule has 0 bridgehead atoms. The van der Waals surface area contributed by atoms with Gasteiger partial charge in [-0.1, -0.05) is 19.4 Å². The number of pyridine rings is 1. The van der Waals surface area contributed by atoms with Crippen LogP contribution in [0.2, 0.25) is 0 Å². The Hall–Kier alpha value is -3.36. The van der Waals surface area contributed by atoms with E-state index in [1.807, 2.05) is 38.1 Å². The summed E-state index contributed by atoms with van der Waals surface area (Å²) in [5.41, 5.74) is 1.50. The zero-order valence-electron chi connectivity index (χ0n) is 24.5. The summed E-state index contributed by atoms with van der Waals surface area (Å²) in [6, 6.07) is 17.9. The smallest absolute Gasteiger partial charge is 0.315 e. The molecule has 8 heteroatoms. The fraction of sp³-hybridized carbons (Fsp3) is 0.455. The molecule has 41 heavy (non-hydrogen) atoms. The number of rotatable bonds is 12. The van der Waals surface area contributed by atoms with Crippen LogP contribution in [0, 0.1) is 5.41 Å². The third kappa shape index (κ3) is 6.93. The standard InChI is InChI=1S/C33H41N3O4S/c1-4-15-33(2,3)32(38)40-24-36(19-16-35(17-20-36)29-8-7-9-30-27(29)14-22-41-30)18-5-6-21-39-26-12-10-25-11-13-31(37)34-28(25)23-26/h7-14,22-23H,4-6,15-21,24H2,1-3H3/p+1. The summed E-state index contributed by atoms with van der Waals surface area (Å²) in [5, 5.41) is 4.46. The Morgan fingerprint density at radius 3 is 2.68 bits per heavy atom. The van der Waals surface area contributed by atoms with Crippen molar-refractivity contribution in [3.8, 4) is 5.75 Å². The number of anilines is 1. The normalized spacial score (nSPS) is 15.3. The van der Waals surface area contributed by atoms with Crippen molar-refractivity contribution in [3.63, 3.8) is 0 Å². The van der Waals surface area contributed by atoms with Crippen molar-refractivity contribution in [2.45, 2.75) is 46.5 Å². The lowest BCUT2D eigenvalue weighted by Gasteiger charge is -2.45. The second kappa shape index (κ2) is 12.7. The highest BCUT2D eigenvalue weighted by molar-refractivity contribution is 7.17. The maximum atomic E-state index is 13.0. The summed E-state index contributed by atoms with van der Waals surface area (Å²) in [6.45, 7) is 11.8. The van der Waals surface area contributed by atoms with Crippen molar-refractivity contribution >= 4 is 44.0 Å². The molecule has 4 aromatic rings. The maximum Gasteiger partial charge on any atom is 0.315 e. The SMILES string of the molecule is CCCC(C)(C)C(=O)OC[N+]1(CCCCOc2ccc3ccc(=O)[nH]c3c2)CCN(c2cccc3sccc23)CC1. The first-order chi connectivity index (χ1) is 19.8. The van der Waals surface area contributed by atoms with E-state index >= 15 is 0 Å². The number of nitrogens with one attached hydrogen (secondary N) is 1. The molecule has 0 spiro atoms. The van der Waals surface area contributed by atoms with Crippen LogP contribution in [-0.4, -0.2) is 61.5 Å².